The van der Waals surface area contributed by atoms with Crippen molar-refractivity contribution in [2.24, 2.45) is 0 Å². The normalized spacial score (nSPS) is 12.8. The summed E-state index contributed by atoms with van der Waals surface area (Å²) >= 11 is 0. The minimum Gasteiger partial charge on any atom is -0.396 e. The SMILES string of the molecule is CC(CCO)NCc1cc(F)cc(F)c1. The Morgan fingerprint density at radius 3 is 2.40 bits per heavy atom. The Hall–Kier alpha value is -1.00. The molecule has 0 aliphatic carbocycles. The van der Waals surface area contributed by atoms with Crippen LogP contribution in [-0.4, -0.2) is 17.8 Å². The largest absolute Gasteiger partial charge is 0.396 e. The molecule has 0 radical (unpaired) electrons. The van der Waals surface area contributed by atoms with Gasteiger partial charge < -0.3 is 10.4 Å². The molecule has 0 amide bonds. The van der Waals surface area contributed by atoms with E-state index in [2.05, 4.69) is 5.32 Å². The molecule has 0 heterocycles. The fourth-order valence-electron chi connectivity index (χ4n) is 1.30. The van der Waals surface area contributed by atoms with Crippen LogP contribution in [0.2, 0.25) is 0 Å². The van der Waals surface area contributed by atoms with Gasteiger partial charge in [-0.05, 0) is 31.0 Å². The number of aliphatic hydroxyl groups is 1. The summed E-state index contributed by atoms with van der Waals surface area (Å²) in [6.45, 7) is 2.41. The Morgan fingerprint density at radius 2 is 1.87 bits per heavy atom. The van der Waals surface area contributed by atoms with Crippen LogP contribution in [0, 0.1) is 11.6 Å². The highest BCUT2D eigenvalue weighted by atomic mass is 19.1. The maximum atomic E-state index is 12.8. The molecule has 0 saturated heterocycles. The Morgan fingerprint density at radius 1 is 1.27 bits per heavy atom. The molecule has 2 N–H and O–H groups in total. The first-order valence-corrected chi connectivity index (χ1v) is 4.91. The Kier molecular flexibility index (Phi) is 4.65. The summed E-state index contributed by atoms with van der Waals surface area (Å²) < 4.78 is 25.6. The molecule has 4 heteroatoms. The van der Waals surface area contributed by atoms with Gasteiger partial charge in [0.1, 0.15) is 11.6 Å². The van der Waals surface area contributed by atoms with E-state index in [1.165, 1.54) is 12.1 Å². The molecule has 0 aliphatic heterocycles. The molecule has 0 spiro atoms. The van der Waals surface area contributed by atoms with Crippen molar-refractivity contribution in [3.63, 3.8) is 0 Å². The molecule has 1 unspecified atom stereocenters. The molecular weight excluding hydrogens is 200 g/mol. The standard InChI is InChI=1S/C11H15F2NO/c1-8(2-3-15)14-7-9-4-10(12)6-11(13)5-9/h4-6,8,14-15H,2-3,7H2,1H3. The molecular formula is C11H15F2NO. The summed E-state index contributed by atoms with van der Waals surface area (Å²) in [5.74, 6) is -1.14. The summed E-state index contributed by atoms with van der Waals surface area (Å²) in [5, 5.41) is 11.7. The van der Waals surface area contributed by atoms with Crippen LogP contribution in [0.15, 0.2) is 18.2 Å². The van der Waals surface area contributed by atoms with Crippen molar-refractivity contribution in [2.75, 3.05) is 6.61 Å². The smallest absolute Gasteiger partial charge is 0.126 e. The first-order valence-electron chi connectivity index (χ1n) is 4.91. The average Bonchev–Trinajstić information content (AvgIpc) is 2.14. The molecule has 2 nitrogen and oxygen atoms in total. The second-order valence-corrected chi connectivity index (χ2v) is 3.57. The summed E-state index contributed by atoms with van der Waals surface area (Å²) in [7, 11) is 0. The van der Waals surface area contributed by atoms with E-state index < -0.39 is 11.6 Å². The summed E-state index contributed by atoms with van der Waals surface area (Å²) in [6.07, 6.45) is 0.623. The summed E-state index contributed by atoms with van der Waals surface area (Å²) in [6, 6.07) is 3.56. The molecule has 0 aliphatic rings. The lowest BCUT2D eigenvalue weighted by atomic mass is 10.2. The van der Waals surface area contributed by atoms with E-state index in [-0.39, 0.29) is 12.6 Å². The lowest BCUT2D eigenvalue weighted by Gasteiger charge is -2.12. The van der Waals surface area contributed by atoms with Crippen LogP contribution in [0.25, 0.3) is 0 Å². The van der Waals surface area contributed by atoms with Gasteiger partial charge in [-0.15, -0.1) is 0 Å². The Bertz CT molecular complexity index is 297. The van der Waals surface area contributed by atoms with Crippen molar-refractivity contribution in [1.29, 1.82) is 0 Å². The van der Waals surface area contributed by atoms with Gasteiger partial charge in [0.05, 0.1) is 0 Å². The quantitative estimate of drug-likeness (QED) is 0.785. The third-order valence-corrected chi connectivity index (χ3v) is 2.14. The fraction of sp³-hybridized carbons (Fsp3) is 0.455. The van der Waals surface area contributed by atoms with Crippen LogP contribution in [-0.2, 0) is 6.54 Å². The minimum atomic E-state index is -0.568. The molecule has 1 atom stereocenters. The fourth-order valence-corrected chi connectivity index (χ4v) is 1.30. The first kappa shape index (κ1) is 12.1. The Balaban J connectivity index is 2.50. The Labute approximate surface area is 87.9 Å². The first-order chi connectivity index (χ1) is 7.11. The molecule has 0 bridgehead atoms. The number of hydrogen-bond donors (Lipinski definition) is 2. The van der Waals surface area contributed by atoms with Crippen molar-refractivity contribution >= 4 is 0 Å². The zero-order chi connectivity index (χ0) is 11.3. The highest BCUT2D eigenvalue weighted by Gasteiger charge is 2.03. The lowest BCUT2D eigenvalue weighted by Crippen LogP contribution is -2.26. The van der Waals surface area contributed by atoms with Crippen LogP contribution in [0.4, 0.5) is 8.78 Å². The van der Waals surface area contributed by atoms with Crippen molar-refractivity contribution in [2.45, 2.75) is 25.9 Å². The van der Waals surface area contributed by atoms with E-state index >= 15 is 0 Å². The molecule has 1 aromatic rings. The zero-order valence-corrected chi connectivity index (χ0v) is 8.63. The van der Waals surface area contributed by atoms with Gasteiger partial charge in [-0.25, -0.2) is 8.78 Å². The number of nitrogens with one attached hydrogen (secondary N) is 1. The van der Waals surface area contributed by atoms with Crippen LogP contribution < -0.4 is 5.32 Å². The second kappa shape index (κ2) is 5.78. The number of rotatable bonds is 5. The zero-order valence-electron chi connectivity index (χ0n) is 8.63. The van der Waals surface area contributed by atoms with E-state index in [0.29, 0.717) is 18.5 Å². The van der Waals surface area contributed by atoms with Gasteiger partial charge in [0.2, 0.25) is 0 Å². The molecule has 15 heavy (non-hydrogen) atoms. The average molecular weight is 215 g/mol. The van der Waals surface area contributed by atoms with Crippen molar-refractivity contribution in [3.8, 4) is 0 Å². The number of benzene rings is 1. The molecule has 1 rings (SSSR count). The molecule has 0 fully saturated rings. The van der Waals surface area contributed by atoms with Gasteiger partial charge in [0.25, 0.3) is 0 Å². The van der Waals surface area contributed by atoms with E-state index in [4.69, 9.17) is 5.11 Å². The number of halogens is 2. The van der Waals surface area contributed by atoms with Gasteiger partial charge in [-0.3, -0.25) is 0 Å². The second-order valence-electron chi connectivity index (χ2n) is 3.57. The summed E-state index contributed by atoms with van der Waals surface area (Å²) in [4.78, 5) is 0. The lowest BCUT2D eigenvalue weighted by molar-refractivity contribution is 0.268. The topological polar surface area (TPSA) is 32.3 Å². The van der Waals surface area contributed by atoms with Crippen LogP contribution >= 0.6 is 0 Å². The van der Waals surface area contributed by atoms with Crippen molar-refractivity contribution < 1.29 is 13.9 Å². The number of aliphatic hydroxyl groups excluding tert-OH is 1. The highest BCUT2D eigenvalue weighted by Crippen LogP contribution is 2.08. The van der Waals surface area contributed by atoms with Gasteiger partial charge in [-0.2, -0.15) is 0 Å². The predicted molar refractivity (Wildman–Crippen MR) is 54.4 cm³/mol. The van der Waals surface area contributed by atoms with Gasteiger partial charge >= 0.3 is 0 Å². The van der Waals surface area contributed by atoms with Gasteiger partial charge in [-0.1, -0.05) is 0 Å². The third kappa shape index (κ3) is 4.36. The predicted octanol–water partition coefficient (Wildman–Crippen LogP) is 1.83. The van der Waals surface area contributed by atoms with E-state index in [1.54, 1.807) is 0 Å². The van der Waals surface area contributed by atoms with E-state index in [1.807, 2.05) is 6.92 Å². The maximum absolute atomic E-state index is 12.8. The summed E-state index contributed by atoms with van der Waals surface area (Å²) in [5.41, 5.74) is 0.567. The molecule has 84 valence electrons. The van der Waals surface area contributed by atoms with E-state index in [9.17, 15) is 8.78 Å². The number of hydrogen-bond acceptors (Lipinski definition) is 2. The molecule has 0 aromatic heterocycles. The molecule has 0 saturated carbocycles. The van der Waals surface area contributed by atoms with E-state index in [0.717, 1.165) is 6.07 Å². The minimum absolute atomic E-state index is 0.103. The van der Waals surface area contributed by atoms with Crippen molar-refractivity contribution in [1.82, 2.24) is 5.32 Å². The van der Waals surface area contributed by atoms with Crippen LogP contribution in [0.3, 0.4) is 0 Å². The monoisotopic (exact) mass is 215 g/mol. The molecule has 1 aromatic carbocycles. The highest BCUT2D eigenvalue weighted by molar-refractivity contribution is 5.17. The van der Waals surface area contributed by atoms with Gasteiger partial charge in [0.15, 0.2) is 0 Å². The van der Waals surface area contributed by atoms with Crippen molar-refractivity contribution in [3.05, 3.63) is 35.4 Å². The van der Waals surface area contributed by atoms with Crippen LogP contribution in [0.1, 0.15) is 18.9 Å². The maximum Gasteiger partial charge on any atom is 0.126 e. The third-order valence-electron chi connectivity index (χ3n) is 2.14. The van der Waals surface area contributed by atoms with Gasteiger partial charge in [0, 0.05) is 25.3 Å². The van der Waals surface area contributed by atoms with Crippen LogP contribution in [0.5, 0.6) is 0 Å².